The van der Waals surface area contributed by atoms with Gasteiger partial charge >= 0.3 is 0 Å². The molecule has 4 heterocycles. The molecule has 5 rings (SSSR count). The van der Waals surface area contributed by atoms with Crippen LogP contribution in [0.3, 0.4) is 0 Å². The third-order valence-corrected chi connectivity index (χ3v) is 5.68. The molecule has 0 spiro atoms. The molecule has 0 bridgehead atoms. The van der Waals surface area contributed by atoms with E-state index in [9.17, 15) is 14.0 Å². The predicted molar refractivity (Wildman–Crippen MR) is 111 cm³/mol. The lowest BCUT2D eigenvalue weighted by molar-refractivity contribution is -0.121. The van der Waals surface area contributed by atoms with Crippen molar-refractivity contribution < 1.29 is 13.9 Å². The average Bonchev–Trinajstić information content (AvgIpc) is 3.27. The van der Waals surface area contributed by atoms with Gasteiger partial charge in [0.1, 0.15) is 11.8 Å². The van der Waals surface area contributed by atoms with Gasteiger partial charge in [0, 0.05) is 30.1 Å². The highest BCUT2D eigenvalue weighted by Crippen LogP contribution is 2.40. The van der Waals surface area contributed by atoms with Crippen molar-refractivity contribution in [1.29, 1.82) is 0 Å². The van der Waals surface area contributed by atoms with Gasteiger partial charge in [0.2, 0.25) is 0 Å². The Balaban J connectivity index is 1.63. The highest BCUT2D eigenvalue weighted by molar-refractivity contribution is 5.98. The molecule has 9 nitrogen and oxygen atoms in total. The first-order valence-corrected chi connectivity index (χ1v) is 9.65. The topological polar surface area (TPSA) is 97.5 Å². The number of carbonyl (C=O) groups excluding carboxylic acids is 1. The van der Waals surface area contributed by atoms with Crippen LogP contribution in [-0.2, 0) is 18.4 Å². The van der Waals surface area contributed by atoms with Gasteiger partial charge in [-0.3, -0.25) is 14.3 Å². The van der Waals surface area contributed by atoms with Gasteiger partial charge in [0.15, 0.2) is 18.2 Å². The number of ether oxygens (including phenoxy) is 1. The lowest BCUT2D eigenvalue weighted by Crippen LogP contribution is -2.38. The van der Waals surface area contributed by atoms with Crippen molar-refractivity contribution in [2.75, 3.05) is 11.5 Å². The Labute approximate surface area is 175 Å². The molecule has 0 radical (unpaired) electrons. The van der Waals surface area contributed by atoms with E-state index in [4.69, 9.17) is 4.74 Å². The van der Waals surface area contributed by atoms with Crippen LogP contribution < -0.4 is 15.2 Å². The molecule has 1 aromatic carbocycles. The molecule has 1 amide bonds. The fourth-order valence-electron chi connectivity index (χ4n) is 3.91. The molecule has 1 aliphatic heterocycles. The number of fused-ring (bicyclic) bond motifs is 2. The Morgan fingerprint density at radius 3 is 2.71 bits per heavy atom. The van der Waals surface area contributed by atoms with Gasteiger partial charge < -0.3 is 14.6 Å². The number of anilines is 1. The standard InChI is InChI=1S/C21H19FN6O3/c1-11-15(12(2)26(3)25-11)8-27-17-5-13(4-16(22)20(17)31-9-19(27)29)14-6-18-21(30)23-10-24-28(18)7-14/h4-7,10H,8-9H2,1-3H3,(H,23,24,30). The van der Waals surface area contributed by atoms with Crippen LogP contribution >= 0.6 is 0 Å². The maximum absolute atomic E-state index is 15.0. The zero-order valence-corrected chi connectivity index (χ0v) is 17.1. The van der Waals surface area contributed by atoms with Crippen LogP contribution in [0.5, 0.6) is 5.75 Å². The molecule has 0 fully saturated rings. The number of hydrogen-bond acceptors (Lipinski definition) is 5. The van der Waals surface area contributed by atoms with E-state index in [1.807, 2.05) is 20.9 Å². The lowest BCUT2D eigenvalue weighted by Gasteiger charge is -2.30. The van der Waals surface area contributed by atoms with Crippen molar-refractivity contribution in [2.45, 2.75) is 20.4 Å². The second-order valence-corrected chi connectivity index (χ2v) is 7.52. The zero-order chi connectivity index (χ0) is 21.9. The van der Waals surface area contributed by atoms with Crippen LogP contribution in [0.2, 0.25) is 0 Å². The number of nitrogens with one attached hydrogen (secondary N) is 1. The monoisotopic (exact) mass is 422 g/mol. The number of aryl methyl sites for hydroxylation is 2. The summed E-state index contributed by atoms with van der Waals surface area (Å²) < 4.78 is 23.6. The fourth-order valence-corrected chi connectivity index (χ4v) is 3.91. The van der Waals surface area contributed by atoms with Gasteiger partial charge in [-0.05, 0) is 37.6 Å². The van der Waals surface area contributed by atoms with Crippen LogP contribution in [0.4, 0.5) is 10.1 Å². The minimum Gasteiger partial charge on any atom is -0.478 e. The average molecular weight is 422 g/mol. The van der Waals surface area contributed by atoms with E-state index in [0.717, 1.165) is 17.0 Å². The lowest BCUT2D eigenvalue weighted by atomic mass is 10.0. The molecule has 10 heteroatoms. The number of aromatic nitrogens is 5. The van der Waals surface area contributed by atoms with Gasteiger partial charge in [0.05, 0.1) is 17.9 Å². The first kappa shape index (κ1) is 19.0. The molecular formula is C21H19FN6O3. The van der Waals surface area contributed by atoms with Crippen molar-refractivity contribution in [2.24, 2.45) is 7.05 Å². The molecule has 0 atom stereocenters. The third kappa shape index (κ3) is 2.98. The van der Waals surface area contributed by atoms with Crippen LogP contribution in [0, 0.1) is 19.7 Å². The van der Waals surface area contributed by atoms with Gasteiger partial charge in [-0.2, -0.15) is 10.2 Å². The molecule has 1 aliphatic rings. The van der Waals surface area contributed by atoms with Crippen molar-refractivity contribution in [3.63, 3.8) is 0 Å². The Hall–Kier alpha value is -3.95. The van der Waals surface area contributed by atoms with Crippen molar-refractivity contribution in [1.82, 2.24) is 24.4 Å². The van der Waals surface area contributed by atoms with E-state index >= 15 is 0 Å². The molecule has 4 aromatic rings. The minimum atomic E-state index is -0.582. The van der Waals surface area contributed by atoms with Gasteiger partial charge in [-0.25, -0.2) is 8.91 Å². The summed E-state index contributed by atoms with van der Waals surface area (Å²) in [5, 5.41) is 8.48. The maximum atomic E-state index is 15.0. The van der Waals surface area contributed by atoms with E-state index in [1.165, 1.54) is 21.8 Å². The fraction of sp³-hybridized carbons (Fsp3) is 0.238. The summed E-state index contributed by atoms with van der Waals surface area (Å²) in [7, 11) is 1.84. The number of carbonyl (C=O) groups is 1. The van der Waals surface area contributed by atoms with Crippen LogP contribution in [0.15, 0.2) is 35.5 Å². The number of aromatic amines is 1. The van der Waals surface area contributed by atoms with Crippen LogP contribution in [0.1, 0.15) is 17.0 Å². The number of nitrogens with zero attached hydrogens (tertiary/aromatic N) is 5. The van der Waals surface area contributed by atoms with Gasteiger partial charge in [-0.1, -0.05) is 0 Å². The number of rotatable bonds is 3. The van der Waals surface area contributed by atoms with Crippen molar-refractivity contribution in [3.05, 3.63) is 63.8 Å². The number of amides is 1. The molecule has 158 valence electrons. The number of hydrogen-bond donors (Lipinski definition) is 1. The third-order valence-electron chi connectivity index (χ3n) is 5.68. The minimum absolute atomic E-state index is 0.0299. The molecule has 0 aliphatic carbocycles. The van der Waals surface area contributed by atoms with Crippen molar-refractivity contribution >= 4 is 17.1 Å². The molecule has 0 saturated carbocycles. The highest BCUT2D eigenvalue weighted by Gasteiger charge is 2.30. The van der Waals surface area contributed by atoms with E-state index in [-0.39, 0.29) is 30.4 Å². The van der Waals surface area contributed by atoms with Gasteiger partial charge in [0.25, 0.3) is 11.5 Å². The Morgan fingerprint density at radius 1 is 1.19 bits per heavy atom. The first-order chi connectivity index (χ1) is 14.8. The highest BCUT2D eigenvalue weighted by atomic mass is 19.1. The maximum Gasteiger partial charge on any atom is 0.275 e. The number of benzene rings is 1. The first-order valence-electron chi connectivity index (χ1n) is 9.65. The van der Waals surface area contributed by atoms with E-state index in [1.54, 1.807) is 23.0 Å². The Bertz CT molecular complexity index is 1420. The summed E-state index contributed by atoms with van der Waals surface area (Å²) in [5.41, 5.74) is 4.11. The summed E-state index contributed by atoms with van der Waals surface area (Å²) in [6, 6.07) is 4.65. The van der Waals surface area contributed by atoms with E-state index in [2.05, 4.69) is 15.2 Å². The Morgan fingerprint density at radius 2 is 2.00 bits per heavy atom. The molecular weight excluding hydrogens is 403 g/mol. The van der Waals surface area contributed by atoms with Crippen LogP contribution in [0.25, 0.3) is 16.6 Å². The number of H-pyrrole nitrogens is 1. The Kier molecular flexibility index (Phi) is 4.17. The predicted octanol–water partition coefficient (Wildman–Crippen LogP) is 2.10. The SMILES string of the molecule is Cc1nn(C)c(C)c1CN1C(=O)COc2c(F)cc(-c3cc4c(=O)[nH]cnn4c3)cc21. The second kappa shape index (κ2) is 6.79. The zero-order valence-electron chi connectivity index (χ0n) is 17.1. The normalized spacial score (nSPS) is 13.5. The second-order valence-electron chi connectivity index (χ2n) is 7.52. The van der Waals surface area contributed by atoms with E-state index in [0.29, 0.717) is 22.3 Å². The molecule has 1 N–H and O–H groups in total. The quantitative estimate of drug-likeness (QED) is 0.545. The summed E-state index contributed by atoms with van der Waals surface area (Å²) >= 11 is 0. The van der Waals surface area contributed by atoms with Gasteiger partial charge in [-0.15, -0.1) is 0 Å². The summed E-state index contributed by atoms with van der Waals surface area (Å²) in [6.07, 6.45) is 2.93. The van der Waals surface area contributed by atoms with Crippen molar-refractivity contribution in [3.8, 4) is 16.9 Å². The van der Waals surface area contributed by atoms with E-state index < -0.39 is 5.82 Å². The molecule has 31 heavy (non-hydrogen) atoms. The number of halogens is 1. The largest absolute Gasteiger partial charge is 0.478 e. The smallest absolute Gasteiger partial charge is 0.275 e. The summed E-state index contributed by atoms with van der Waals surface area (Å²) in [4.78, 5) is 28.8. The summed E-state index contributed by atoms with van der Waals surface area (Å²) in [6.45, 7) is 3.82. The molecule has 0 unspecified atom stereocenters. The molecule has 0 saturated heterocycles. The molecule has 3 aromatic heterocycles. The van der Waals surface area contributed by atoms with Crippen LogP contribution in [-0.4, -0.2) is 36.9 Å². The summed E-state index contributed by atoms with van der Waals surface area (Å²) in [5.74, 6) is -0.823.